The Bertz CT molecular complexity index is 675. The molecule has 0 saturated carbocycles. The van der Waals surface area contributed by atoms with Gasteiger partial charge < -0.3 is 5.73 Å². The molecule has 6 heteroatoms. The maximum absolute atomic E-state index is 11.4. The second kappa shape index (κ2) is 5.76. The standard InChI is InChI=1S/C14H19N3O2S/c1-3-8-17-10-12(9-16-17)14(15)11-4-6-13(7-5-11)20(2,18)19/h4-7,9-10,14H,3,8,15H2,1-2H3. The highest BCUT2D eigenvalue weighted by Gasteiger charge is 2.13. The van der Waals surface area contributed by atoms with Crippen LogP contribution in [0.25, 0.3) is 0 Å². The lowest BCUT2D eigenvalue weighted by atomic mass is 10.0. The molecule has 0 radical (unpaired) electrons. The summed E-state index contributed by atoms with van der Waals surface area (Å²) in [5.41, 5.74) is 7.97. The molecule has 1 unspecified atom stereocenters. The lowest BCUT2D eigenvalue weighted by Crippen LogP contribution is -2.11. The minimum absolute atomic E-state index is 0.297. The number of rotatable bonds is 5. The molecule has 0 aliphatic rings. The molecule has 0 aliphatic carbocycles. The second-order valence-electron chi connectivity index (χ2n) is 4.86. The van der Waals surface area contributed by atoms with Crippen molar-refractivity contribution in [2.24, 2.45) is 5.73 Å². The molecule has 1 heterocycles. The van der Waals surface area contributed by atoms with Crippen LogP contribution in [0.5, 0.6) is 0 Å². The topological polar surface area (TPSA) is 78.0 Å². The maximum atomic E-state index is 11.4. The fourth-order valence-corrected chi connectivity index (χ4v) is 2.64. The van der Waals surface area contributed by atoms with E-state index in [2.05, 4.69) is 12.0 Å². The molecular weight excluding hydrogens is 274 g/mol. The first kappa shape index (κ1) is 14.7. The van der Waals surface area contributed by atoms with Gasteiger partial charge in [-0.15, -0.1) is 0 Å². The van der Waals surface area contributed by atoms with Crippen molar-refractivity contribution in [2.45, 2.75) is 30.8 Å². The fourth-order valence-electron chi connectivity index (χ4n) is 2.01. The third-order valence-electron chi connectivity index (χ3n) is 3.13. The van der Waals surface area contributed by atoms with Gasteiger partial charge in [-0.1, -0.05) is 19.1 Å². The van der Waals surface area contributed by atoms with Crippen molar-refractivity contribution in [1.82, 2.24) is 9.78 Å². The van der Waals surface area contributed by atoms with Crippen molar-refractivity contribution in [3.05, 3.63) is 47.8 Å². The van der Waals surface area contributed by atoms with E-state index in [4.69, 9.17) is 5.73 Å². The van der Waals surface area contributed by atoms with Crippen molar-refractivity contribution in [3.63, 3.8) is 0 Å². The van der Waals surface area contributed by atoms with Crippen LogP contribution in [0, 0.1) is 0 Å². The van der Waals surface area contributed by atoms with Gasteiger partial charge in [0, 0.05) is 24.6 Å². The number of sulfone groups is 1. The molecule has 0 aliphatic heterocycles. The third-order valence-corrected chi connectivity index (χ3v) is 4.26. The molecule has 1 aromatic heterocycles. The number of nitrogens with two attached hydrogens (primary N) is 1. The van der Waals surface area contributed by atoms with E-state index in [0.717, 1.165) is 24.1 Å². The third kappa shape index (κ3) is 3.26. The van der Waals surface area contributed by atoms with Crippen LogP contribution in [0.2, 0.25) is 0 Å². The molecule has 20 heavy (non-hydrogen) atoms. The maximum Gasteiger partial charge on any atom is 0.175 e. The molecule has 2 rings (SSSR count). The molecule has 108 valence electrons. The number of nitrogens with zero attached hydrogens (tertiary/aromatic N) is 2. The average Bonchev–Trinajstić information content (AvgIpc) is 2.86. The van der Waals surface area contributed by atoms with E-state index in [0.29, 0.717) is 4.90 Å². The highest BCUT2D eigenvalue weighted by atomic mass is 32.2. The van der Waals surface area contributed by atoms with Gasteiger partial charge in [-0.05, 0) is 24.1 Å². The largest absolute Gasteiger partial charge is 0.320 e. The summed E-state index contributed by atoms with van der Waals surface area (Å²) in [6, 6.07) is 6.37. The van der Waals surface area contributed by atoms with E-state index in [1.165, 1.54) is 6.26 Å². The Morgan fingerprint density at radius 1 is 1.25 bits per heavy atom. The van der Waals surface area contributed by atoms with Crippen LogP contribution in [0.15, 0.2) is 41.6 Å². The van der Waals surface area contributed by atoms with Crippen molar-refractivity contribution < 1.29 is 8.42 Å². The fraction of sp³-hybridized carbons (Fsp3) is 0.357. The summed E-state index contributed by atoms with van der Waals surface area (Å²) in [4.78, 5) is 0.301. The Morgan fingerprint density at radius 2 is 1.90 bits per heavy atom. The van der Waals surface area contributed by atoms with Crippen molar-refractivity contribution in [2.75, 3.05) is 6.26 Å². The lowest BCUT2D eigenvalue weighted by molar-refractivity contribution is 0.601. The van der Waals surface area contributed by atoms with Crippen molar-refractivity contribution in [3.8, 4) is 0 Å². The predicted octanol–water partition coefficient (Wildman–Crippen LogP) is 1.74. The van der Waals surface area contributed by atoms with Gasteiger partial charge in [-0.2, -0.15) is 5.10 Å². The summed E-state index contributed by atoms with van der Waals surface area (Å²) in [7, 11) is -3.17. The summed E-state index contributed by atoms with van der Waals surface area (Å²) < 4.78 is 24.7. The van der Waals surface area contributed by atoms with Crippen LogP contribution in [0.1, 0.15) is 30.5 Å². The Kier molecular flexibility index (Phi) is 4.25. The SMILES string of the molecule is CCCn1cc(C(N)c2ccc(S(C)(=O)=O)cc2)cn1. The molecule has 0 spiro atoms. The molecule has 0 saturated heterocycles. The number of benzene rings is 1. The van der Waals surface area contributed by atoms with E-state index >= 15 is 0 Å². The minimum Gasteiger partial charge on any atom is -0.320 e. The van der Waals surface area contributed by atoms with Crippen LogP contribution in [-0.4, -0.2) is 24.5 Å². The number of hydrogen-bond acceptors (Lipinski definition) is 4. The van der Waals surface area contributed by atoms with Gasteiger partial charge >= 0.3 is 0 Å². The van der Waals surface area contributed by atoms with Crippen LogP contribution in [0.4, 0.5) is 0 Å². The zero-order valence-corrected chi connectivity index (χ0v) is 12.5. The van der Waals surface area contributed by atoms with E-state index in [-0.39, 0.29) is 6.04 Å². The summed E-state index contributed by atoms with van der Waals surface area (Å²) in [6.07, 6.45) is 5.89. The van der Waals surface area contributed by atoms with E-state index in [9.17, 15) is 8.42 Å². The zero-order chi connectivity index (χ0) is 14.8. The van der Waals surface area contributed by atoms with Gasteiger partial charge in [-0.3, -0.25) is 4.68 Å². The van der Waals surface area contributed by atoms with Crippen molar-refractivity contribution in [1.29, 1.82) is 0 Å². The highest BCUT2D eigenvalue weighted by Crippen LogP contribution is 2.20. The zero-order valence-electron chi connectivity index (χ0n) is 11.7. The van der Waals surface area contributed by atoms with Crippen LogP contribution in [0.3, 0.4) is 0 Å². The molecule has 1 aromatic carbocycles. The molecular formula is C14H19N3O2S. The molecule has 0 bridgehead atoms. The van der Waals surface area contributed by atoms with Crippen LogP contribution in [-0.2, 0) is 16.4 Å². The monoisotopic (exact) mass is 293 g/mol. The summed E-state index contributed by atoms with van der Waals surface area (Å²) in [6.45, 7) is 2.95. The van der Waals surface area contributed by atoms with Gasteiger partial charge in [0.1, 0.15) is 0 Å². The molecule has 2 aromatic rings. The van der Waals surface area contributed by atoms with Gasteiger partial charge in [0.15, 0.2) is 9.84 Å². The molecule has 5 nitrogen and oxygen atoms in total. The van der Waals surface area contributed by atoms with E-state index in [1.807, 2.05) is 10.9 Å². The first-order valence-corrected chi connectivity index (χ1v) is 8.39. The minimum atomic E-state index is -3.17. The molecule has 2 N–H and O–H groups in total. The van der Waals surface area contributed by atoms with Crippen molar-refractivity contribution >= 4 is 9.84 Å². The number of aryl methyl sites for hydroxylation is 1. The second-order valence-corrected chi connectivity index (χ2v) is 6.87. The van der Waals surface area contributed by atoms with E-state index < -0.39 is 9.84 Å². The Balaban J connectivity index is 2.22. The first-order chi connectivity index (χ1) is 9.41. The Labute approximate surface area is 119 Å². The van der Waals surface area contributed by atoms with Gasteiger partial charge in [0.25, 0.3) is 0 Å². The smallest absolute Gasteiger partial charge is 0.175 e. The quantitative estimate of drug-likeness (QED) is 0.911. The lowest BCUT2D eigenvalue weighted by Gasteiger charge is -2.10. The Morgan fingerprint density at radius 3 is 2.45 bits per heavy atom. The van der Waals surface area contributed by atoms with Crippen LogP contribution >= 0.6 is 0 Å². The molecule has 0 fully saturated rings. The van der Waals surface area contributed by atoms with Gasteiger partial charge in [0.05, 0.1) is 17.1 Å². The van der Waals surface area contributed by atoms with Crippen LogP contribution < -0.4 is 5.73 Å². The Hall–Kier alpha value is -1.66. The average molecular weight is 293 g/mol. The summed E-state index contributed by atoms with van der Waals surface area (Å²) in [5, 5.41) is 4.25. The molecule has 1 atom stereocenters. The molecule has 0 amide bonds. The predicted molar refractivity (Wildman–Crippen MR) is 78.1 cm³/mol. The van der Waals surface area contributed by atoms with Gasteiger partial charge in [-0.25, -0.2) is 8.42 Å². The van der Waals surface area contributed by atoms with Gasteiger partial charge in [0.2, 0.25) is 0 Å². The summed E-state index contributed by atoms with van der Waals surface area (Å²) >= 11 is 0. The van der Waals surface area contributed by atoms with E-state index in [1.54, 1.807) is 30.5 Å². The normalized spacial score (nSPS) is 13.3. The first-order valence-electron chi connectivity index (χ1n) is 6.49. The highest BCUT2D eigenvalue weighted by molar-refractivity contribution is 7.90. The number of aromatic nitrogens is 2. The number of hydrogen-bond donors (Lipinski definition) is 1. The summed E-state index contributed by atoms with van der Waals surface area (Å²) in [5.74, 6) is 0.